The average Bonchev–Trinajstić information content (AvgIpc) is 3.05. The molecule has 0 fully saturated rings. The molecule has 0 aliphatic carbocycles. The van der Waals surface area contributed by atoms with Crippen LogP contribution in [-0.4, -0.2) is 27.0 Å². The molecule has 0 aliphatic rings. The predicted octanol–water partition coefficient (Wildman–Crippen LogP) is 4.43. The molecule has 2 aromatic heterocycles. The Morgan fingerprint density at radius 2 is 1.96 bits per heavy atom. The summed E-state index contributed by atoms with van der Waals surface area (Å²) in [6.45, 7) is 5.34. The second-order valence-electron chi connectivity index (χ2n) is 6.84. The molecule has 3 aromatic rings. The van der Waals surface area contributed by atoms with E-state index in [4.69, 9.17) is 4.42 Å². The Bertz CT molecular complexity index is 1030. The summed E-state index contributed by atoms with van der Waals surface area (Å²) in [5, 5.41) is 13.5. The molecule has 0 aliphatic heterocycles. The largest absolute Gasteiger partial charge is 0.494 e. The van der Waals surface area contributed by atoms with E-state index in [-0.39, 0.29) is 22.0 Å². The molecule has 0 unspecified atom stereocenters. The second-order valence-corrected chi connectivity index (χ2v) is 7.63. The number of halogens is 2. The number of carbonyl (C=O) groups is 2. The smallest absolute Gasteiger partial charge is 0.329 e. The Morgan fingerprint density at radius 3 is 2.54 bits per heavy atom. The van der Waals surface area contributed by atoms with E-state index in [9.17, 15) is 19.1 Å². The van der Waals surface area contributed by atoms with E-state index in [2.05, 4.69) is 21.2 Å². The number of ketones is 1. The molecule has 26 heavy (non-hydrogen) atoms. The first-order chi connectivity index (χ1) is 12.1. The molecule has 2 heterocycles. The topological polar surface area (TPSA) is 84.5 Å². The van der Waals surface area contributed by atoms with Crippen molar-refractivity contribution in [1.82, 2.24) is 9.88 Å². The van der Waals surface area contributed by atoms with Crippen molar-refractivity contribution in [3.63, 3.8) is 0 Å². The third kappa shape index (κ3) is 3.24. The number of nitrogens with one attached hydrogen (secondary N) is 1. The normalized spacial score (nSPS) is 11.7. The van der Waals surface area contributed by atoms with Crippen LogP contribution in [0.15, 0.2) is 39.6 Å². The van der Waals surface area contributed by atoms with Gasteiger partial charge in [0.2, 0.25) is 11.7 Å². The van der Waals surface area contributed by atoms with Crippen LogP contribution in [0.2, 0.25) is 0 Å². The summed E-state index contributed by atoms with van der Waals surface area (Å²) in [7, 11) is 0. The summed E-state index contributed by atoms with van der Waals surface area (Å²) in [6, 6.07) is 4.41. The van der Waals surface area contributed by atoms with Crippen LogP contribution in [0.1, 0.15) is 36.7 Å². The second kappa shape index (κ2) is 6.28. The summed E-state index contributed by atoms with van der Waals surface area (Å²) >= 11 is 3.10. The van der Waals surface area contributed by atoms with Crippen LogP contribution in [-0.2, 0) is 0 Å². The number of aromatic nitrogens is 1. The Kier molecular flexibility index (Phi) is 4.39. The molecule has 0 atom stereocenters. The van der Waals surface area contributed by atoms with Crippen molar-refractivity contribution in [3.05, 3.63) is 52.1 Å². The van der Waals surface area contributed by atoms with Crippen molar-refractivity contribution in [2.75, 3.05) is 0 Å². The van der Waals surface area contributed by atoms with Gasteiger partial charge in [-0.25, -0.2) is 13.8 Å². The molecular weight excluding hydrogens is 407 g/mol. The molecule has 1 amide bonds. The van der Waals surface area contributed by atoms with Crippen molar-refractivity contribution in [1.29, 1.82) is 0 Å². The lowest BCUT2D eigenvalue weighted by atomic mass is 10.0. The Labute approximate surface area is 156 Å². The van der Waals surface area contributed by atoms with E-state index in [0.717, 1.165) is 16.7 Å². The summed E-state index contributed by atoms with van der Waals surface area (Å²) < 4.78 is 20.1. The number of carbonyl (C=O) groups excluding carboxylic acids is 2. The first-order valence-corrected chi connectivity index (χ1v) is 8.52. The van der Waals surface area contributed by atoms with Gasteiger partial charge in [0.15, 0.2) is 4.67 Å². The van der Waals surface area contributed by atoms with Crippen molar-refractivity contribution < 1.29 is 23.5 Å². The number of benzene rings is 1. The van der Waals surface area contributed by atoms with E-state index >= 15 is 0 Å². The number of nitrogens with zero attached hydrogens (tertiary/aromatic N) is 1. The minimum absolute atomic E-state index is 0.133. The maximum atomic E-state index is 13.8. The van der Waals surface area contributed by atoms with Crippen molar-refractivity contribution in [3.8, 4) is 5.88 Å². The van der Waals surface area contributed by atoms with Crippen LogP contribution in [0.4, 0.5) is 9.18 Å². The van der Waals surface area contributed by atoms with Crippen LogP contribution in [0.25, 0.3) is 10.9 Å². The molecule has 0 saturated heterocycles. The maximum Gasteiger partial charge on any atom is 0.329 e. The number of hydrogen-bond acceptors (Lipinski definition) is 4. The van der Waals surface area contributed by atoms with E-state index < -0.39 is 29.1 Å². The van der Waals surface area contributed by atoms with Gasteiger partial charge in [-0.3, -0.25) is 4.79 Å². The minimum Gasteiger partial charge on any atom is -0.494 e. The van der Waals surface area contributed by atoms with Crippen LogP contribution in [0.5, 0.6) is 5.88 Å². The highest BCUT2D eigenvalue weighted by Crippen LogP contribution is 2.34. The van der Waals surface area contributed by atoms with Gasteiger partial charge in [0.1, 0.15) is 12.1 Å². The standard InChI is InChI=1S/C18H16BrFN2O4/c1-18(2,3)21-17(25)22-12-5-4-10(20)7-11(12)14(16(22)24)15(23)9-6-13(19)26-8-9/h4-8,24H,1-3H3,(H,21,25). The first kappa shape index (κ1) is 18.2. The molecule has 0 bridgehead atoms. The highest BCUT2D eigenvalue weighted by molar-refractivity contribution is 9.10. The van der Waals surface area contributed by atoms with Gasteiger partial charge < -0.3 is 14.8 Å². The third-order valence-corrected chi connectivity index (χ3v) is 4.06. The zero-order chi connectivity index (χ0) is 19.2. The molecule has 0 saturated carbocycles. The summed E-state index contributed by atoms with van der Waals surface area (Å²) in [4.78, 5) is 25.4. The number of hydrogen-bond donors (Lipinski definition) is 2. The van der Waals surface area contributed by atoms with Gasteiger partial charge >= 0.3 is 6.03 Å². The Balaban J connectivity index is 2.23. The van der Waals surface area contributed by atoms with Crippen LogP contribution < -0.4 is 5.32 Å². The Morgan fingerprint density at radius 1 is 1.27 bits per heavy atom. The van der Waals surface area contributed by atoms with Gasteiger partial charge in [0.25, 0.3) is 0 Å². The van der Waals surface area contributed by atoms with Gasteiger partial charge in [-0.2, -0.15) is 0 Å². The van der Waals surface area contributed by atoms with E-state index in [1.165, 1.54) is 18.4 Å². The third-order valence-electron chi connectivity index (χ3n) is 3.65. The van der Waals surface area contributed by atoms with E-state index in [0.29, 0.717) is 4.67 Å². The maximum absolute atomic E-state index is 13.8. The first-order valence-electron chi connectivity index (χ1n) is 7.72. The number of fused-ring (bicyclic) bond motifs is 1. The SMILES string of the molecule is CC(C)(C)NC(=O)n1c(O)c(C(=O)c2coc(Br)c2)c2cc(F)ccc21. The molecule has 8 heteroatoms. The number of rotatable bonds is 2. The molecule has 2 N–H and O–H groups in total. The fraction of sp³-hybridized carbons (Fsp3) is 0.222. The molecule has 136 valence electrons. The predicted molar refractivity (Wildman–Crippen MR) is 97.1 cm³/mol. The van der Waals surface area contributed by atoms with Gasteiger partial charge in [0.05, 0.1) is 16.6 Å². The lowest BCUT2D eigenvalue weighted by Crippen LogP contribution is -2.42. The summed E-state index contributed by atoms with van der Waals surface area (Å²) in [5.74, 6) is -1.74. The molecule has 3 rings (SSSR count). The van der Waals surface area contributed by atoms with Gasteiger partial charge in [-0.05, 0) is 54.9 Å². The molecule has 6 nitrogen and oxygen atoms in total. The average molecular weight is 423 g/mol. The number of aromatic hydroxyl groups is 1. The van der Waals surface area contributed by atoms with Crippen molar-refractivity contribution >= 4 is 38.6 Å². The molecule has 0 radical (unpaired) electrons. The zero-order valence-electron chi connectivity index (χ0n) is 14.3. The minimum atomic E-state index is -0.626. The molecular formula is C18H16BrFN2O4. The van der Waals surface area contributed by atoms with E-state index in [1.807, 2.05) is 0 Å². The van der Waals surface area contributed by atoms with Gasteiger partial charge in [-0.1, -0.05) is 0 Å². The van der Waals surface area contributed by atoms with Crippen LogP contribution in [0.3, 0.4) is 0 Å². The lowest BCUT2D eigenvalue weighted by Gasteiger charge is -2.21. The number of amides is 1. The highest BCUT2D eigenvalue weighted by Gasteiger charge is 2.28. The van der Waals surface area contributed by atoms with Crippen molar-refractivity contribution in [2.24, 2.45) is 0 Å². The summed E-state index contributed by atoms with van der Waals surface area (Å²) in [5.41, 5.74) is -0.361. The monoisotopic (exact) mass is 422 g/mol. The number of furan rings is 1. The summed E-state index contributed by atoms with van der Waals surface area (Å²) in [6.07, 6.45) is 1.21. The van der Waals surface area contributed by atoms with Gasteiger partial charge in [0, 0.05) is 17.0 Å². The molecule has 1 aromatic carbocycles. The molecule has 0 spiro atoms. The lowest BCUT2D eigenvalue weighted by molar-refractivity contribution is 0.103. The quantitative estimate of drug-likeness (QED) is 0.598. The van der Waals surface area contributed by atoms with Crippen LogP contribution in [0, 0.1) is 5.82 Å². The van der Waals surface area contributed by atoms with E-state index in [1.54, 1.807) is 20.8 Å². The fourth-order valence-corrected chi connectivity index (χ4v) is 2.97. The Hall–Kier alpha value is -2.61. The van der Waals surface area contributed by atoms with Gasteiger partial charge in [-0.15, -0.1) is 0 Å². The van der Waals surface area contributed by atoms with Crippen molar-refractivity contribution in [2.45, 2.75) is 26.3 Å². The van der Waals surface area contributed by atoms with Crippen LogP contribution >= 0.6 is 15.9 Å². The fourth-order valence-electron chi connectivity index (χ4n) is 2.63. The highest BCUT2D eigenvalue weighted by atomic mass is 79.9. The zero-order valence-corrected chi connectivity index (χ0v) is 15.8.